The van der Waals surface area contributed by atoms with Crippen molar-refractivity contribution in [2.45, 2.75) is 5.88 Å². The van der Waals surface area contributed by atoms with Crippen LogP contribution in [-0.4, -0.2) is 26.3 Å². The van der Waals surface area contributed by atoms with Gasteiger partial charge >= 0.3 is 0 Å². The molecule has 0 amide bonds. The van der Waals surface area contributed by atoms with E-state index in [1.807, 2.05) is 0 Å². The molecule has 0 aliphatic rings. The lowest BCUT2D eigenvalue weighted by atomic mass is 10.2. The Bertz CT molecular complexity index is 593. The fourth-order valence-corrected chi connectivity index (χ4v) is 1.99. The highest BCUT2D eigenvalue weighted by Crippen LogP contribution is 2.41. The predicted octanol–water partition coefficient (Wildman–Crippen LogP) is 3.64. The first-order valence-corrected chi connectivity index (χ1v) is 6.74. The highest BCUT2D eigenvalue weighted by Gasteiger charge is 2.14. The van der Waals surface area contributed by atoms with Gasteiger partial charge in [-0.05, 0) is 6.07 Å². The standard InChI is InChI=1S/C15H16ClNO4/c1-18-13-7-12(8-14(19-2)15(13)20-3)21-11-4-5-17-10(6-11)9-16/h4-8H,9H2,1-3H3. The molecule has 0 atom stereocenters. The van der Waals surface area contributed by atoms with Crippen LogP contribution in [0.1, 0.15) is 5.69 Å². The van der Waals surface area contributed by atoms with Crippen LogP contribution in [0.2, 0.25) is 0 Å². The van der Waals surface area contributed by atoms with Crippen LogP contribution >= 0.6 is 11.6 Å². The molecule has 1 aromatic carbocycles. The number of halogens is 1. The maximum atomic E-state index is 5.79. The molecule has 6 heteroatoms. The first-order valence-electron chi connectivity index (χ1n) is 6.20. The van der Waals surface area contributed by atoms with E-state index in [1.165, 1.54) is 0 Å². The molecule has 0 unspecified atom stereocenters. The lowest BCUT2D eigenvalue weighted by Crippen LogP contribution is -1.96. The molecule has 2 rings (SSSR count). The summed E-state index contributed by atoms with van der Waals surface area (Å²) in [6.07, 6.45) is 1.64. The summed E-state index contributed by atoms with van der Waals surface area (Å²) in [5.41, 5.74) is 0.738. The van der Waals surface area contributed by atoms with Crippen LogP contribution in [0.3, 0.4) is 0 Å². The largest absolute Gasteiger partial charge is 0.493 e. The lowest BCUT2D eigenvalue weighted by Gasteiger charge is -2.14. The number of methoxy groups -OCH3 is 3. The van der Waals surface area contributed by atoms with Crippen molar-refractivity contribution < 1.29 is 18.9 Å². The van der Waals surface area contributed by atoms with E-state index >= 15 is 0 Å². The van der Waals surface area contributed by atoms with Crippen LogP contribution in [0.4, 0.5) is 0 Å². The SMILES string of the molecule is COc1cc(Oc2ccnc(CCl)c2)cc(OC)c1OC. The Morgan fingerprint density at radius 2 is 1.62 bits per heavy atom. The zero-order valence-corrected chi connectivity index (χ0v) is 12.8. The number of benzene rings is 1. The third-order valence-electron chi connectivity index (χ3n) is 2.80. The fraction of sp³-hybridized carbons (Fsp3) is 0.267. The predicted molar refractivity (Wildman–Crippen MR) is 80.0 cm³/mol. The first-order chi connectivity index (χ1) is 10.2. The highest BCUT2D eigenvalue weighted by atomic mass is 35.5. The molecule has 2 aromatic rings. The summed E-state index contributed by atoms with van der Waals surface area (Å²) in [7, 11) is 4.66. The minimum absolute atomic E-state index is 0.326. The van der Waals surface area contributed by atoms with Crippen molar-refractivity contribution in [1.82, 2.24) is 4.98 Å². The molecule has 0 aliphatic carbocycles. The summed E-state index contributed by atoms with van der Waals surface area (Å²) >= 11 is 5.76. The summed E-state index contributed by atoms with van der Waals surface area (Å²) < 4.78 is 21.6. The Labute approximate surface area is 128 Å². The molecule has 0 radical (unpaired) electrons. The van der Waals surface area contributed by atoms with Gasteiger partial charge in [0.15, 0.2) is 11.5 Å². The number of alkyl halides is 1. The zero-order valence-electron chi connectivity index (χ0n) is 12.1. The number of aromatic nitrogens is 1. The van der Waals surface area contributed by atoms with Crippen molar-refractivity contribution in [3.05, 3.63) is 36.2 Å². The smallest absolute Gasteiger partial charge is 0.203 e. The Balaban J connectivity index is 2.35. The lowest BCUT2D eigenvalue weighted by molar-refractivity contribution is 0.321. The van der Waals surface area contributed by atoms with Crippen molar-refractivity contribution >= 4 is 11.6 Å². The van der Waals surface area contributed by atoms with Crippen molar-refractivity contribution in [1.29, 1.82) is 0 Å². The normalized spacial score (nSPS) is 10.1. The zero-order chi connectivity index (χ0) is 15.2. The molecule has 21 heavy (non-hydrogen) atoms. The topological polar surface area (TPSA) is 49.8 Å². The van der Waals surface area contributed by atoms with Crippen molar-refractivity contribution in [2.75, 3.05) is 21.3 Å². The van der Waals surface area contributed by atoms with Crippen molar-refractivity contribution in [3.63, 3.8) is 0 Å². The van der Waals surface area contributed by atoms with Crippen molar-refractivity contribution in [3.8, 4) is 28.7 Å². The number of pyridine rings is 1. The van der Waals surface area contributed by atoms with Gasteiger partial charge in [-0.25, -0.2) is 0 Å². The van der Waals surface area contributed by atoms with Gasteiger partial charge in [-0.1, -0.05) is 0 Å². The van der Waals surface area contributed by atoms with E-state index < -0.39 is 0 Å². The van der Waals surface area contributed by atoms with Gasteiger partial charge in [-0.3, -0.25) is 4.98 Å². The van der Waals surface area contributed by atoms with E-state index in [0.717, 1.165) is 5.69 Å². The summed E-state index contributed by atoms with van der Waals surface area (Å²) in [5, 5.41) is 0. The Morgan fingerprint density at radius 3 is 2.14 bits per heavy atom. The van der Waals surface area contributed by atoms with Crippen LogP contribution < -0.4 is 18.9 Å². The number of hydrogen-bond acceptors (Lipinski definition) is 5. The van der Waals surface area contributed by atoms with E-state index in [4.69, 9.17) is 30.5 Å². The van der Waals surface area contributed by atoms with Crippen LogP contribution in [0.25, 0.3) is 0 Å². The minimum atomic E-state index is 0.326. The maximum absolute atomic E-state index is 5.79. The molecule has 0 saturated heterocycles. The molecule has 0 saturated carbocycles. The second-order valence-corrected chi connectivity index (χ2v) is 4.35. The quantitative estimate of drug-likeness (QED) is 0.762. The molecule has 1 aromatic heterocycles. The third kappa shape index (κ3) is 3.49. The number of hydrogen-bond donors (Lipinski definition) is 0. The molecular weight excluding hydrogens is 294 g/mol. The molecule has 0 fully saturated rings. The van der Waals surface area contributed by atoms with Gasteiger partial charge in [0.25, 0.3) is 0 Å². The first kappa shape index (κ1) is 15.3. The summed E-state index contributed by atoms with van der Waals surface area (Å²) in [5.74, 6) is 3.10. The molecule has 0 spiro atoms. The Kier molecular flexibility index (Phi) is 5.11. The van der Waals surface area contributed by atoms with E-state index in [2.05, 4.69) is 4.98 Å². The summed E-state index contributed by atoms with van der Waals surface area (Å²) in [4.78, 5) is 4.11. The highest BCUT2D eigenvalue weighted by molar-refractivity contribution is 6.16. The molecule has 112 valence electrons. The van der Waals surface area contributed by atoms with Gasteiger partial charge in [0, 0.05) is 24.4 Å². The monoisotopic (exact) mass is 309 g/mol. The van der Waals surface area contributed by atoms with E-state index in [1.54, 1.807) is 51.8 Å². The summed E-state index contributed by atoms with van der Waals surface area (Å²) in [6.45, 7) is 0. The van der Waals surface area contributed by atoms with Crippen molar-refractivity contribution in [2.24, 2.45) is 0 Å². The van der Waals surface area contributed by atoms with E-state index in [9.17, 15) is 0 Å². The van der Waals surface area contributed by atoms with Crippen LogP contribution in [0, 0.1) is 0 Å². The van der Waals surface area contributed by atoms with E-state index in [-0.39, 0.29) is 0 Å². The minimum Gasteiger partial charge on any atom is -0.493 e. The van der Waals surface area contributed by atoms with Gasteiger partial charge in [0.2, 0.25) is 5.75 Å². The van der Waals surface area contributed by atoms with Gasteiger partial charge in [0.1, 0.15) is 11.5 Å². The molecular formula is C15H16ClNO4. The molecule has 0 aliphatic heterocycles. The number of ether oxygens (including phenoxy) is 4. The Morgan fingerprint density at radius 1 is 0.952 bits per heavy atom. The van der Waals surface area contributed by atoms with Crippen LogP contribution in [-0.2, 0) is 5.88 Å². The van der Waals surface area contributed by atoms with Crippen LogP contribution in [0.5, 0.6) is 28.7 Å². The molecule has 5 nitrogen and oxygen atoms in total. The Hall–Kier alpha value is -2.14. The fourth-order valence-electron chi connectivity index (χ4n) is 1.84. The van der Waals surface area contributed by atoms with E-state index in [0.29, 0.717) is 34.6 Å². The second-order valence-electron chi connectivity index (χ2n) is 4.08. The molecule has 0 N–H and O–H groups in total. The summed E-state index contributed by atoms with van der Waals surface area (Å²) in [6, 6.07) is 6.97. The number of nitrogens with zero attached hydrogens (tertiary/aromatic N) is 1. The second kappa shape index (κ2) is 7.04. The van der Waals surface area contributed by atoms with Gasteiger partial charge in [-0.15, -0.1) is 11.6 Å². The average Bonchev–Trinajstić information content (AvgIpc) is 2.53. The number of rotatable bonds is 6. The van der Waals surface area contributed by atoms with Crippen LogP contribution in [0.15, 0.2) is 30.5 Å². The van der Waals surface area contributed by atoms with Gasteiger partial charge < -0.3 is 18.9 Å². The maximum Gasteiger partial charge on any atom is 0.203 e. The van der Waals surface area contributed by atoms with Gasteiger partial charge in [-0.2, -0.15) is 0 Å². The molecule has 0 bridgehead atoms. The molecule has 1 heterocycles. The average molecular weight is 310 g/mol. The van der Waals surface area contributed by atoms with Gasteiger partial charge in [0.05, 0.1) is 32.9 Å². The third-order valence-corrected chi connectivity index (χ3v) is 3.07.